The zero-order valence-electron chi connectivity index (χ0n) is 15.0. The number of piperazine rings is 1. The van der Waals surface area contributed by atoms with Gasteiger partial charge in [-0.1, -0.05) is 30.1 Å². The third-order valence-corrected chi connectivity index (χ3v) is 5.32. The van der Waals surface area contributed by atoms with E-state index >= 15 is 0 Å². The number of rotatable bonds is 5. The van der Waals surface area contributed by atoms with Crippen molar-refractivity contribution < 1.29 is 4.79 Å². The standard InChI is InChI=1S/C18H21Cl2N5O2/c1-2-23-7-9-24(10-8-23)14-5-3-13(4-6-14)22-16(26)12-25-18(27)17(20)15(19)11-21-25/h3-6,11H,2,7-10,12H2,1H3,(H,22,26). The number of carbonyl (C=O) groups is 1. The Morgan fingerprint density at radius 3 is 2.44 bits per heavy atom. The minimum absolute atomic E-state index is 0.0636. The average Bonchev–Trinajstić information content (AvgIpc) is 2.69. The molecule has 1 saturated heterocycles. The van der Waals surface area contributed by atoms with Crippen LogP contribution in [0, 0.1) is 0 Å². The molecule has 144 valence electrons. The lowest BCUT2D eigenvalue weighted by Gasteiger charge is -2.35. The Morgan fingerprint density at radius 2 is 1.81 bits per heavy atom. The van der Waals surface area contributed by atoms with Gasteiger partial charge in [0.2, 0.25) is 5.91 Å². The first-order valence-corrected chi connectivity index (χ1v) is 9.52. The molecule has 0 radical (unpaired) electrons. The highest BCUT2D eigenvalue weighted by atomic mass is 35.5. The predicted octanol–water partition coefficient (Wildman–Crippen LogP) is 2.33. The molecule has 1 fully saturated rings. The Kier molecular flexibility index (Phi) is 6.36. The van der Waals surface area contributed by atoms with Crippen molar-refractivity contribution in [3.8, 4) is 0 Å². The number of hydrogen-bond donors (Lipinski definition) is 1. The fourth-order valence-corrected chi connectivity index (χ4v) is 3.24. The maximum atomic E-state index is 12.2. The van der Waals surface area contributed by atoms with Gasteiger partial charge in [0.15, 0.2) is 0 Å². The van der Waals surface area contributed by atoms with Crippen LogP contribution in [0.5, 0.6) is 0 Å². The Bertz CT molecular complexity index is 861. The monoisotopic (exact) mass is 409 g/mol. The third-order valence-electron chi connectivity index (χ3n) is 4.57. The SMILES string of the molecule is CCN1CCN(c2ccc(NC(=O)Cn3ncc(Cl)c(Cl)c3=O)cc2)CC1. The summed E-state index contributed by atoms with van der Waals surface area (Å²) in [6.07, 6.45) is 1.24. The lowest BCUT2D eigenvalue weighted by atomic mass is 10.2. The zero-order valence-corrected chi connectivity index (χ0v) is 16.5. The van der Waals surface area contributed by atoms with E-state index in [-0.39, 0.29) is 22.5 Å². The lowest BCUT2D eigenvalue weighted by molar-refractivity contribution is -0.117. The summed E-state index contributed by atoms with van der Waals surface area (Å²) in [5, 5.41) is 6.50. The van der Waals surface area contributed by atoms with Crippen molar-refractivity contribution in [3.63, 3.8) is 0 Å². The highest BCUT2D eigenvalue weighted by Gasteiger charge is 2.16. The van der Waals surface area contributed by atoms with Crippen molar-refractivity contribution in [2.45, 2.75) is 13.5 Å². The van der Waals surface area contributed by atoms with Gasteiger partial charge in [-0.05, 0) is 30.8 Å². The summed E-state index contributed by atoms with van der Waals surface area (Å²) >= 11 is 11.5. The van der Waals surface area contributed by atoms with Gasteiger partial charge >= 0.3 is 0 Å². The number of hydrogen-bond acceptors (Lipinski definition) is 5. The Morgan fingerprint density at radius 1 is 1.15 bits per heavy atom. The molecule has 9 heteroatoms. The Balaban J connectivity index is 1.59. The first kappa shape index (κ1) is 19.7. The van der Waals surface area contributed by atoms with Gasteiger partial charge in [0, 0.05) is 37.6 Å². The van der Waals surface area contributed by atoms with Gasteiger partial charge in [-0.15, -0.1) is 0 Å². The second-order valence-corrected chi connectivity index (χ2v) is 7.07. The second-order valence-electron chi connectivity index (χ2n) is 6.29. The van der Waals surface area contributed by atoms with Crippen molar-refractivity contribution in [1.29, 1.82) is 0 Å². The van der Waals surface area contributed by atoms with Crippen LogP contribution >= 0.6 is 23.2 Å². The molecular formula is C18H21Cl2N5O2. The molecule has 0 atom stereocenters. The number of likely N-dealkylation sites (N-methyl/N-ethyl adjacent to an activating group) is 1. The summed E-state index contributed by atoms with van der Waals surface area (Å²) in [6.45, 7) is 7.11. The van der Waals surface area contributed by atoms with Crippen LogP contribution in [0.15, 0.2) is 35.3 Å². The van der Waals surface area contributed by atoms with Crippen LogP contribution in [-0.4, -0.2) is 53.3 Å². The van der Waals surface area contributed by atoms with E-state index in [1.54, 1.807) is 0 Å². The molecule has 1 aromatic carbocycles. The summed E-state index contributed by atoms with van der Waals surface area (Å²) in [6, 6.07) is 7.68. The van der Waals surface area contributed by atoms with Gasteiger partial charge < -0.3 is 15.1 Å². The number of halogens is 2. The summed E-state index contributed by atoms with van der Waals surface area (Å²) in [5.41, 5.74) is 1.19. The number of amides is 1. The third kappa shape index (κ3) is 4.80. The number of anilines is 2. The topological polar surface area (TPSA) is 70.5 Å². The second kappa shape index (κ2) is 8.73. The number of nitrogens with zero attached hydrogens (tertiary/aromatic N) is 4. The van der Waals surface area contributed by atoms with Crippen LogP contribution in [0.4, 0.5) is 11.4 Å². The smallest absolute Gasteiger partial charge is 0.287 e. The summed E-state index contributed by atoms with van der Waals surface area (Å²) in [5.74, 6) is -0.368. The van der Waals surface area contributed by atoms with E-state index in [0.29, 0.717) is 5.69 Å². The summed E-state index contributed by atoms with van der Waals surface area (Å²) < 4.78 is 0.977. The van der Waals surface area contributed by atoms with Crippen LogP contribution in [0.1, 0.15) is 6.92 Å². The minimum atomic E-state index is -0.596. The van der Waals surface area contributed by atoms with E-state index in [4.69, 9.17) is 23.2 Å². The van der Waals surface area contributed by atoms with Crippen molar-refractivity contribution in [2.24, 2.45) is 0 Å². The molecule has 2 heterocycles. The number of nitrogens with one attached hydrogen (secondary N) is 1. The Labute approximate surface area is 167 Å². The van der Waals surface area contributed by atoms with Crippen LogP contribution in [-0.2, 0) is 11.3 Å². The largest absolute Gasteiger partial charge is 0.369 e. The first-order chi connectivity index (χ1) is 13.0. The maximum Gasteiger partial charge on any atom is 0.287 e. The van der Waals surface area contributed by atoms with E-state index in [1.807, 2.05) is 24.3 Å². The van der Waals surface area contributed by atoms with Crippen molar-refractivity contribution in [2.75, 3.05) is 42.9 Å². The molecule has 1 amide bonds. The van der Waals surface area contributed by atoms with E-state index in [0.717, 1.165) is 43.1 Å². The van der Waals surface area contributed by atoms with Crippen LogP contribution < -0.4 is 15.8 Å². The first-order valence-electron chi connectivity index (χ1n) is 8.76. The lowest BCUT2D eigenvalue weighted by Crippen LogP contribution is -2.46. The van der Waals surface area contributed by atoms with Gasteiger partial charge in [-0.3, -0.25) is 9.59 Å². The fourth-order valence-electron chi connectivity index (χ4n) is 2.97. The van der Waals surface area contributed by atoms with E-state index in [2.05, 4.69) is 27.1 Å². The number of carbonyl (C=O) groups excluding carboxylic acids is 1. The van der Waals surface area contributed by atoms with Gasteiger partial charge in [0.1, 0.15) is 11.6 Å². The van der Waals surface area contributed by atoms with Crippen LogP contribution in [0.25, 0.3) is 0 Å². The fraction of sp³-hybridized carbons (Fsp3) is 0.389. The molecule has 27 heavy (non-hydrogen) atoms. The van der Waals surface area contributed by atoms with Gasteiger partial charge in [-0.2, -0.15) is 5.10 Å². The minimum Gasteiger partial charge on any atom is -0.369 e. The molecule has 1 aliphatic rings. The number of aromatic nitrogens is 2. The molecule has 0 aliphatic carbocycles. The van der Waals surface area contributed by atoms with Crippen molar-refractivity contribution in [3.05, 3.63) is 50.9 Å². The molecule has 1 aliphatic heterocycles. The summed E-state index contributed by atoms with van der Waals surface area (Å²) in [7, 11) is 0. The molecule has 7 nitrogen and oxygen atoms in total. The molecule has 0 unspecified atom stereocenters. The van der Waals surface area contributed by atoms with Crippen molar-refractivity contribution >= 4 is 40.5 Å². The normalized spacial score (nSPS) is 15.0. The zero-order chi connectivity index (χ0) is 19.4. The van der Waals surface area contributed by atoms with E-state index < -0.39 is 5.56 Å². The molecule has 1 N–H and O–H groups in total. The molecule has 0 spiro atoms. The highest BCUT2D eigenvalue weighted by Crippen LogP contribution is 2.19. The highest BCUT2D eigenvalue weighted by molar-refractivity contribution is 6.41. The molecule has 0 bridgehead atoms. The molecule has 2 aromatic rings. The van der Waals surface area contributed by atoms with Crippen LogP contribution in [0.2, 0.25) is 10.0 Å². The molecule has 0 saturated carbocycles. The maximum absolute atomic E-state index is 12.2. The van der Waals surface area contributed by atoms with Gasteiger partial charge in [-0.25, -0.2) is 4.68 Å². The van der Waals surface area contributed by atoms with Crippen LogP contribution in [0.3, 0.4) is 0 Å². The van der Waals surface area contributed by atoms with E-state index in [9.17, 15) is 9.59 Å². The Hall–Kier alpha value is -2.09. The predicted molar refractivity (Wildman–Crippen MR) is 108 cm³/mol. The summed E-state index contributed by atoms with van der Waals surface area (Å²) in [4.78, 5) is 28.9. The van der Waals surface area contributed by atoms with Crippen molar-refractivity contribution in [1.82, 2.24) is 14.7 Å². The molecule has 3 rings (SSSR count). The van der Waals surface area contributed by atoms with E-state index in [1.165, 1.54) is 6.20 Å². The molecular weight excluding hydrogens is 389 g/mol. The average molecular weight is 410 g/mol. The number of benzene rings is 1. The quantitative estimate of drug-likeness (QED) is 0.820. The molecule has 1 aromatic heterocycles. The van der Waals surface area contributed by atoms with Gasteiger partial charge in [0.25, 0.3) is 5.56 Å². The van der Waals surface area contributed by atoms with Gasteiger partial charge in [0.05, 0.1) is 11.2 Å².